The molecular formula is C27H37N11O. The van der Waals surface area contributed by atoms with Crippen LogP contribution < -0.4 is 10.6 Å². The topological polar surface area (TPSA) is 118 Å². The molecule has 206 valence electrons. The Hall–Kier alpha value is -3.51. The van der Waals surface area contributed by atoms with Crippen molar-refractivity contribution in [2.75, 3.05) is 70.0 Å². The van der Waals surface area contributed by atoms with Gasteiger partial charge in [0.1, 0.15) is 0 Å². The van der Waals surface area contributed by atoms with Gasteiger partial charge in [0.25, 0.3) is 0 Å². The minimum absolute atomic E-state index is 0.244. The lowest BCUT2D eigenvalue weighted by Gasteiger charge is -2.42. The van der Waals surface area contributed by atoms with Crippen molar-refractivity contribution < 1.29 is 4.74 Å². The van der Waals surface area contributed by atoms with Crippen molar-refractivity contribution in [1.29, 1.82) is 0 Å². The van der Waals surface area contributed by atoms with Crippen molar-refractivity contribution in [3.63, 3.8) is 0 Å². The first-order valence-electron chi connectivity index (χ1n) is 14.1. The van der Waals surface area contributed by atoms with Gasteiger partial charge in [-0.05, 0) is 32.7 Å². The van der Waals surface area contributed by atoms with Crippen LogP contribution in [0.3, 0.4) is 0 Å². The van der Waals surface area contributed by atoms with Gasteiger partial charge >= 0.3 is 0 Å². The fourth-order valence-electron chi connectivity index (χ4n) is 6.41. The molecule has 2 bridgehead atoms. The normalized spacial score (nSPS) is 24.6. The van der Waals surface area contributed by atoms with Crippen LogP contribution in [0.5, 0.6) is 0 Å². The number of morpholine rings is 1. The molecule has 3 aromatic rings. The molecule has 0 amide bonds. The highest BCUT2D eigenvalue weighted by atomic mass is 16.5. The fourth-order valence-corrected chi connectivity index (χ4v) is 6.41. The molecule has 4 fully saturated rings. The number of hydrogen-bond donors (Lipinski definition) is 1. The minimum Gasteiger partial charge on any atom is -0.371 e. The van der Waals surface area contributed by atoms with Gasteiger partial charge in [-0.3, -0.25) is 0 Å². The lowest BCUT2D eigenvalue weighted by molar-refractivity contribution is 0.0299. The molecule has 7 heterocycles. The number of likely N-dealkylation sites (N-methyl/N-ethyl adjacent to an activating group) is 1. The Morgan fingerprint density at radius 2 is 1.56 bits per heavy atom. The number of anilines is 2. The van der Waals surface area contributed by atoms with Crippen LogP contribution in [0.25, 0.3) is 22.3 Å². The Morgan fingerprint density at radius 1 is 0.897 bits per heavy atom. The molecule has 39 heavy (non-hydrogen) atoms. The van der Waals surface area contributed by atoms with Crippen molar-refractivity contribution in [2.45, 2.75) is 43.9 Å². The molecule has 12 heteroatoms. The first-order chi connectivity index (χ1) is 19.0. The Labute approximate surface area is 228 Å². The molecule has 4 saturated heterocycles. The third-order valence-electron chi connectivity index (χ3n) is 8.76. The van der Waals surface area contributed by atoms with Crippen molar-refractivity contribution in [1.82, 2.24) is 44.4 Å². The zero-order valence-corrected chi connectivity index (χ0v) is 22.6. The van der Waals surface area contributed by atoms with E-state index in [9.17, 15) is 0 Å². The number of nitrogens with two attached hydrogens (primary N) is 1. The van der Waals surface area contributed by atoms with Crippen molar-refractivity contribution in [3.05, 3.63) is 31.0 Å². The fraction of sp³-hybridized carbons (Fsp3) is 0.593. The second kappa shape index (κ2) is 9.91. The predicted molar refractivity (Wildman–Crippen MR) is 149 cm³/mol. The molecule has 12 nitrogen and oxygen atoms in total. The molecule has 2 unspecified atom stereocenters. The molecule has 0 radical (unpaired) electrons. The Bertz CT molecular complexity index is 1330. The van der Waals surface area contributed by atoms with Crippen LogP contribution in [0.4, 0.5) is 11.9 Å². The Morgan fingerprint density at radius 3 is 2.26 bits per heavy atom. The Kier molecular flexibility index (Phi) is 6.23. The van der Waals surface area contributed by atoms with Gasteiger partial charge in [0.05, 0.1) is 41.3 Å². The van der Waals surface area contributed by atoms with E-state index in [1.807, 2.05) is 6.20 Å². The van der Waals surface area contributed by atoms with E-state index < -0.39 is 0 Å². The SMILES string of the molecule is C=C(N1CCC(n2ncc3c(-c4cnc(N)nc4)nc(N4CC5CCC(C4)O5)nc32)CC1)N1CCN(C)CC1. The van der Waals surface area contributed by atoms with Gasteiger partial charge in [0.15, 0.2) is 5.65 Å². The molecule has 0 aliphatic carbocycles. The Balaban J connectivity index is 1.17. The maximum absolute atomic E-state index is 6.08. The number of ether oxygens (including phenoxy) is 1. The summed E-state index contributed by atoms with van der Waals surface area (Å²) in [5, 5.41) is 5.78. The minimum atomic E-state index is 0.244. The van der Waals surface area contributed by atoms with Gasteiger partial charge < -0.3 is 30.1 Å². The summed E-state index contributed by atoms with van der Waals surface area (Å²) in [6.07, 6.45) is 10.0. The summed E-state index contributed by atoms with van der Waals surface area (Å²) in [7, 11) is 2.18. The molecule has 3 aromatic heterocycles. The van der Waals surface area contributed by atoms with Crippen LogP contribution in [-0.2, 0) is 4.74 Å². The number of aromatic nitrogens is 6. The molecule has 2 atom stereocenters. The van der Waals surface area contributed by atoms with Gasteiger partial charge in [0, 0.05) is 70.3 Å². The van der Waals surface area contributed by atoms with Gasteiger partial charge in [-0.15, -0.1) is 0 Å². The standard InChI is InChI=1S/C27H37N11O/c1-18(36-11-9-34(2)10-12-36)35-7-5-20(6-8-35)38-25-23(15-31-38)24(19-13-29-26(28)30-14-19)32-27(33-25)37-16-21-3-4-22(17-37)39-21/h13-15,20-22H,1,3-12,16-17H2,2H3,(H2,28,29,30). The summed E-state index contributed by atoms with van der Waals surface area (Å²) in [6, 6.07) is 0.262. The van der Waals surface area contributed by atoms with Crippen molar-refractivity contribution in [3.8, 4) is 11.3 Å². The van der Waals surface area contributed by atoms with E-state index in [1.54, 1.807) is 12.4 Å². The number of hydrogen-bond acceptors (Lipinski definition) is 11. The van der Waals surface area contributed by atoms with Gasteiger partial charge in [-0.2, -0.15) is 10.1 Å². The van der Waals surface area contributed by atoms with Gasteiger partial charge in [0.2, 0.25) is 11.9 Å². The summed E-state index contributed by atoms with van der Waals surface area (Å²) in [4.78, 5) is 28.1. The summed E-state index contributed by atoms with van der Waals surface area (Å²) >= 11 is 0. The van der Waals surface area contributed by atoms with E-state index in [0.717, 1.165) is 112 Å². The first-order valence-corrected chi connectivity index (χ1v) is 14.1. The molecule has 0 aromatic carbocycles. The molecule has 7 rings (SSSR count). The summed E-state index contributed by atoms with van der Waals surface area (Å²) in [5.74, 6) is 2.12. The number of likely N-dealkylation sites (tertiary alicyclic amines) is 1. The number of fused-ring (bicyclic) bond motifs is 3. The highest BCUT2D eigenvalue weighted by molar-refractivity contribution is 5.91. The van der Waals surface area contributed by atoms with Gasteiger partial charge in [-0.25, -0.2) is 19.6 Å². The molecule has 4 aliphatic heterocycles. The quantitative estimate of drug-likeness (QED) is 0.517. The van der Waals surface area contributed by atoms with Crippen LogP contribution >= 0.6 is 0 Å². The number of piperidine rings is 1. The van der Waals surface area contributed by atoms with E-state index in [2.05, 4.69) is 47.9 Å². The molecule has 0 saturated carbocycles. The van der Waals surface area contributed by atoms with Crippen LogP contribution in [0.15, 0.2) is 31.0 Å². The van der Waals surface area contributed by atoms with Crippen molar-refractivity contribution in [2.24, 2.45) is 0 Å². The lowest BCUT2D eigenvalue weighted by Crippen LogP contribution is -2.48. The average Bonchev–Trinajstić information content (AvgIpc) is 3.55. The maximum atomic E-state index is 6.08. The number of nitrogens with zero attached hydrogens (tertiary/aromatic N) is 10. The number of rotatable bonds is 5. The molecule has 4 aliphatic rings. The second-order valence-electron chi connectivity index (χ2n) is 11.3. The lowest BCUT2D eigenvalue weighted by atomic mass is 10.0. The smallest absolute Gasteiger partial charge is 0.228 e. The third-order valence-corrected chi connectivity index (χ3v) is 8.76. The second-order valence-corrected chi connectivity index (χ2v) is 11.3. The zero-order chi connectivity index (χ0) is 26.5. The number of piperazine rings is 1. The van der Waals surface area contributed by atoms with Crippen LogP contribution in [0.2, 0.25) is 0 Å². The zero-order valence-electron chi connectivity index (χ0n) is 22.6. The predicted octanol–water partition coefficient (Wildman–Crippen LogP) is 1.59. The first kappa shape index (κ1) is 24.5. The van der Waals surface area contributed by atoms with Crippen LogP contribution in [-0.4, -0.2) is 116 Å². The highest BCUT2D eigenvalue weighted by Crippen LogP contribution is 2.34. The highest BCUT2D eigenvalue weighted by Gasteiger charge is 2.35. The van der Waals surface area contributed by atoms with Gasteiger partial charge in [-0.1, -0.05) is 6.58 Å². The largest absolute Gasteiger partial charge is 0.371 e. The van der Waals surface area contributed by atoms with Crippen molar-refractivity contribution >= 4 is 22.9 Å². The maximum Gasteiger partial charge on any atom is 0.228 e. The summed E-state index contributed by atoms with van der Waals surface area (Å²) in [5.41, 5.74) is 8.25. The van der Waals surface area contributed by atoms with E-state index >= 15 is 0 Å². The van der Waals surface area contributed by atoms with Crippen LogP contribution in [0, 0.1) is 0 Å². The monoisotopic (exact) mass is 531 g/mol. The van der Waals surface area contributed by atoms with E-state index in [0.29, 0.717) is 0 Å². The van der Waals surface area contributed by atoms with E-state index in [1.165, 1.54) is 0 Å². The molecule has 0 spiro atoms. The summed E-state index contributed by atoms with van der Waals surface area (Å²) < 4.78 is 8.20. The third kappa shape index (κ3) is 4.65. The average molecular weight is 532 g/mol. The van der Waals surface area contributed by atoms with E-state index in [-0.39, 0.29) is 24.2 Å². The molecule has 2 N–H and O–H groups in total. The number of nitrogen functional groups attached to an aromatic ring is 1. The van der Waals surface area contributed by atoms with Crippen LogP contribution in [0.1, 0.15) is 31.7 Å². The summed E-state index contributed by atoms with van der Waals surface area (Å²) in [6.45, 7) is 12.2. The molecular weight excluding hydrogens is 494 g/mol. The van der Waals surface area contributed by atoms with E-state index in [4.69, 9.17) is 25.5 Å².